The largest absolute Gasteiger partial charge is 0.495 e. The average Bonchev–Trinajstić information content (AvgIpc) is 2.45. The zero-order chi connectivity index (χ0) is 17.3. The smallest absolute Gasteiger partial charge is 0.244 e. The minimum Gasteiger partial charge on any atom is -0.495 e. The fourth-order valence-electron chi connectivity index (χ4n) is 2.62. The maximum Gasteiger partial charge on any atom is 0.244 e. The highest BCUT2D eigenvalue weighted by Crippen LogP contribution is 2.27. The molecule has 0 spiro atoms. The van der Waals surface area contributed by atoms with Gasteiger partial charge in [-0.1, -0.05) is 0 Å². The summed E-state index contributed by atoms with van der Waals surface area (Å²) in [5.41, 5.74) is 0. The molecule has 7 nitrogen and oxygen atoms in total. The highest BCUT2D eigenvalue weighted by atomic mass is 35.5. The Morgan fingerprint density at radius 3 is 2.46 bits per heavy atom. The molecule has 0 aromatic heterocycles. The molecule has 0 aliphatic carbocycles. The third-order valence-corrected chi connectivity index (χ3v) is 6.45. The molecule has 0 radical (unpaired) electrons. The summed E-state index contributed by atoms with van der Waals surface area (Å²) in [6, 6.07) is 3.86. The van der Waals surface area contributed by atoms with E-state index in [-0.39, 0.29) is 40.0 Å². The summed E-state index contributed by atoms with van der Waals surface area (Å²) in [7, 11) is -6.04. The highest BCUT2D eigenvalue weighted by Gasteiger charge is 2.27. The lowest BCUT2D eigenvalue weighted by Gasteiger charge is -2.28. The lowest BCUT2D eigenvalue weighted by molar-refractivity contribution is 0.360. The SMILES string of the molecule is COc1ccc(S(C)(=O)=O)cc1S(=O)(=O)NC1CCNC(C)C1.Cl. The second-order valence-electron chi connectivity index (χ2n) is 5.78. The lowest BCUT2D eigenvalue weighted by atomic mass is 10.0. The van der Waals surface area contributed by atoms with Crippen LogP contribution in [0.25, 0.3) is 0 Å². The van der Waals surface area contributed by atoms with Crippen LogP contribution in [0.1, 0.15) is 19.8 Å². The van der Waals surface area contributed by atoms with Gasteiger partial charge < -0.3 is 10.1 Å². The molecule has 138 valence electrons. The van der Waals surface area contributed by atoms with Gasteiger partial charge in [0.2, 0.25) is 10.0 Å². The monoisotopic (exact) mass is 398 g/mol. The number of nitrogens with one attached hydrogen (secondary N) is 2. The molecule has 1 saturated heterocycles. The predicted molar refractivity (Wildman–Crippen MR) is 94.2 cm³/mol. The maximum atomic E-state index is 12.7. The second-order valence-corrected chi connectivity index (χ2v) is 9.48. The van der Waals surface area contributed by atoms with Gasteiger partial charge in [0.1, 0.15) is 10.6 Å². The van der Waals surface area contributed by atoms with Crippen molar-refractivity contribution in [2.75, 3.05) is 19.9 Å². The van der Waals surface area contributed by atoms with Gasteiger partial charge in [-0.05, 0) is 44.5 Å². The molecular weight excluding hydrogens is 376 g/mol. The summed E-state index contributed by atoms with van der Waals surface area (Å²) < 4.78 is 56.4. The average molecular weight is 399 g/mol. The van der Waals surface area contributed by atoms with Gasteiger partial charge in [-0.2, -0.15) is 0 Å². The first-order valence-corrected chi connectivity index (χ1v) is 10.6. The van der Waals surface area contributed by atoms with E-state index < -0.39 is 19.9 Å². The van der Waals surface area contributed by atoms with Gasteiger partial charge in [0, 0.05) is 18.3 Å². The molecule has 0 saturated carbocycles. The fourth-order valence-corrected chi connectivity index (χ4v) is 4.82. The van der Waals surface area contributed by atoms with Crippen molar-refractivity contribution in [1.29, 1.82) is 0 Å². The van der Waals surface area contributed by atoms with Crippen LogP contribution in [0, 0.1) is 0 Å². The van der Waals surface area contributed by atoms with Gasteiger partial charge in [0.25, 0.3) is 0 Å². The summed E-state index contributed by atoms with van der Waals surface area (Å²) in [4.78, 5) is -0.216. The van der Waals surface area contributed by atoms with Crippen molar-refractivity contribution in [2.24, 2.45) is 0 Å². The van der Waals surface area contributed by atoms with Crippen LogP contribution >= 0.6 is 12.4 Å². The predicted octanol–water partition coefficient (Wildman–Crippen LogP) is 0.939. The van der Waals surface area contributed by atoms with Gasteiger partial charge >= 0.3 is 0 Å². The van der Waals surface area contributed by atoms with Crippen molar-refractivity contribution in [3.05, 3.63) is 18.2 Å². The lowest BCUT2D eigenvalue weighted by Crippen LogP contribution is -2.46. The molecule has 0 bridgehead atoms. The summed E-state index contributed by atoms with van der Waals surface area (Å²) in [6.07, 6.45) is 2.39. The Bertz CT molecular complexity index is 780. The summed E-state index contributed by atoms with van der Waals surface area (Å²) in [5.74, 6) is 0.117. The van der Waals surface area contributed by atoms with Gasteiger partial charge in [0.05, 0.1) is 12.0 Å². The molecule has 1 aliphatic heterocycles. The van der Waals surface area contributed by atoms with Crippen LogP contribution in [0.2, 0.25) is 0 Å². The van der Waals surface area contributed by atoms with E-state index in [9.17, 15) is 16.8 Å². The Morgan fingerprint density at radius 2 is 1.92 bits per heavy atom. The van der Waals surface area contributed by atoms with E-state index in [0.29, 0.717) is 12.8 Å². The number of rotatable bonds is 5. The Morgan fingerprint density at radius 1 is 1.25 bits per heavy atom. The molecule has 1 heterocycles. The summed E-state index contributed by atoms with van der Waals surface area (Å²) in [5, 5.41) is 3.25. The van der Waals surface area contributed by atoms with Crippen molar-refractivity contribution in [3.8, 4) is 5.75 Å². The molecule has 1 aliphatic rings. The standard InChI is InChI=1S/C14H22N2O5S2.ClH/c1-10-8-11(6-7-15-10)16-23(19,20)14-9-12(22(3,17)18)4-5-13(14)21-2;/h4-5,9-11,15-16H,6-8H2,1-3H3;1H. The number of ether oxygens (including phenoxy) is 1. The quantitative estimate of drug-likeness (QED) is 0.765. The van der Waals surface area contributed by atoms with E-state index in [1.54, 1.807) is 0 Å². The van der Waals surface area contributed by atoms with E-state index in [1.807, 2.05) is 6.92 Å². The number of sulfone groups is 1. The molecule has 2 unspecified atom stereocenters. The molecule has 10 heteroatoms. The van der Waals surface area contributed by atoms with Crippen molar-refractivity contribution >= 4 is 32.3 Å². The van der Waals surface area contributed by atoms with Crippen molar-refractivity contribution in [2.45, 2.75) is 41.6 Å². The van der Waals surface area contributed by atoms with Crippen LogP contribution in [0.5, 0.6) is 5.75 Å². The normalized spacial score (nSPS) is 21.8. The molecule has 0 amide bonds. The first-order valence-electron chi connectivity index (χ1n) is 7.27. The van der Waals surface area contributed by atoms with E-state index in [0.717, 1.165) is 18.9 Å². The van der Waals surface area contributed by atoms with Crippen molar-refractivity contribution in [1.82, 2.24) is 10.0 Å². The van der Waals surface area contributed by atoms with Gasteiger partial charge in [0.15, 0.2) is 9.84 Å². The number of sulfonamides is 1. The zero-order valence-corrected chi connectivity index (χ0v) is 16.2. The van der Waals surface area contributed by atoms with Crippen LogP contribution in [-0.2, 0) is 19.9 Å². The summed E-state index contributed by atoms with van der Waals surface area (Å²) >= 11 is 0. The molecular formula is C14H23ClN2O5S2. The molecule has 2 atom stereocenters. The third kappa shape index (κ3) is 5.06. The Labute approximate surface area is 149 Å². The molecule has 1 aromatic carbocycles. The van der Waals surface area contributed by atoms with Crippen molar-refractivity contribution < 1.29 is 21.6 Å². The Hall–Kier alpha value is -0.870. The topological polar surface area (TPSA) is 102 Å². The van der Waals surface area contributed by atoms with Gasteiger partial charge in [-0.3, -0.25) is 0 Å². The summed E-state index contributed by atoms with van der Waals surface area (Å²) in [6.45, 7) is 2.72. The maximum absolute atomic E-state index is 12.7. The second kappa shape index (κ2) is 8.01. The van der Waals surface area contributed by atoms with E-state index in [1.165, 1.54) is 19.2 Å². The van der Waals surface area contributed by atoms with Crippen LogP contribution in [0.4, 0.5) is 0 Å². The molecule has 2 N–H and O–H groups in total. The molecule has 1 aromatic rings. The van der Waals surface area contributed by atoms with E-state index in [4.69, 9.17) is 4.74 Å². The fraction of sp³-hybridized carbons (Fsp3) is 0.571. The van der Waals surface area contributed by atoms with Crippen LogP contribution in [0.3, 0.4) is 0 Å². The number of methoxy groups -OCH3 is 1. The zero-order valence-electron chi connectivity index (χ0n) is 13.8. The number of piperidine rings is 1. The van der Waals surface area contributed by atoms with E-state index in [2.05, 4.69) is 10.0 Å². The van der Waals surface area contributed by atoms with Crippen LogP contribution in [-0.4, -0.2) is 48.8 Å². The van der Waals surface area contributed by atoms with E-state index >= 15 is 0 Å². The number of hydrogen-bond donors (Lipinski definition) is 2. The number of hydrogen-bond acceptors (Lipinski definition) is 6. The van der Waals surface area contributed by atoms with Gasteiger partial charge in [-0.25, -0.2) is 21.6 Å². The molecule has 2 rings (SSSR count). The minimum absolute atomic E-state index is 0. The number of halogens is 1. The van der Waals surface area contributed by atoms with Crippen LogP contribution < -0.4 is 14.8 Å². The minimum atomic E-state index is -3.88. The van der Waals surface area contributed by atoms with Crippen molar-refractivity contribution in [3.63, 3.8) is 0 Å². The first-order chi connectivity index (χ1) is 10.6. The Kier molecular flexibility index (Phi) is 7.06. The first kappa shape index (κ1) is 21.2. The van der Waals surface area contributed by atoms with Gasteiger partial charge in [-0.15, -0.1) is 12.4 Å². The highest BCUT2D eigenvalue weighted by molar-refractivity contribution is 7.91. The third-order valence-electron chi connectivity index (χ3n) is 3.80. The Balaban J connectivity index is 0.00000288. The molecule has 1 fully saturated rings. The van der Waals surface area contributed by atoms with Crippen LogP contribution in [0.15, 0.2) is 28.0 Å². The number of benzene rings is 1. The molecule has 24 heavy (non-hydrogen) atoms.